The van der Waals surface area contributed by atoms with Crippen molar-refractivity contribution in [3.63, 3.8) is 0 Å². The van der Waals surface area contributed by atoms with Gasteiger partial charge in [-0.05, 0) is 19.1 Å². The van der Waals surface area contributed by atoms with Gasteiger partial charge in [0.2, 0.25) is 0 Å². The predicted octanol–water partition coefficient (Wildman–Crippen LogP) is 2.23. The van der Waals surface area contributed by atoms with E-state index in [1.165, 1.54) is 11.3 Å². The van der Waals surface area contributed by atoms with Gasteiger partial charge in [-0.25, -0.2) is 4.98 Å². The Labute approximate surface area is 131 Å². The highest BCUT2D eigenvalue weighted by molar-refractivity contribution is 7.15. The van der Waals surface area contributed by atoms with Crippen LogP contribution < -0.4 is 10.9 Å². The fourth-order valence-corrected chi connectivity index (χ4v) is 3.15. The topological polar surface area (TPSA) is 51.0 Å². The summed E-state index contributed by atoms with van der Waals surface area (Å²) in [6, 6.07) is 9.69. The summed E-state index contributed by atoms with van der Waals surface area (Å²) in [5.74, 6) is 0. The van der Waals surface area contributed by atoms with Gasteiger partial charge in [-0.1, -0.05) is 23.7 Å². The molecule has 108 valence electrons. The third-order valence-electron chi connectivity index (χ3n) is 3.41. The van der Waals surface area contributed by atoms with Crippen molar-refractivity contribution in [3.8, 4) is 0 Å². The van der Waals surface area contributed by atoms with Crippen molar-refractivity contribution in [1.29, 1.82) is 0 Å². The fraction of sp³-hybridized carbons (Fsp3) is 0.200. The first-order valence-electron chi connectivity index (χ1n) is 6.68. The second kappa shape index (κ2) is 5.97. The van der Waals surface area contributed by atoms with Gasteiger partial charge in [0.15, 0.2) is 4.96 Å². The highest BCUT2D eigenvalue weighted by atomic mass is 35.5. The Balaban J connectivity index is 1.75. The summed E-state index contributed by atoms with van der Waals surface area (Å²) in [5.41, 5.74) is 1.94. The first kappa shape index (κ1) is 14.3. The van der Waals surface area contributed by atoms with Gasteiger partial charge in [0.05, 0.1) is 0 Å². The zero-order valence-electron chi connectivity index (χ0n) is 11.5. The largest absolute Gasteiger partial charge is 0.335 e. The predicted molar refractivity (Wildman–Crippen MR) is 84.8 cm³/mol. The molecule has 0 aliphatic carbocycles. The van der Waals surface area contributed by atoms with E-state index in [1.54, 1.807) is 16.7 Å². The van der Waals surface area contributed by atoms with E-state index in [1.807, 2.05) is 23.6 Å². The smallest absolute Gasteiger partial charge is 0.258 e. The number of benzene rings is 1. The lowest BCUT2D eigenvalue weighted by atomic mass is 10.1. The van der Waals surface area contributed by atoms with Gasteiger partial charge in [-0.15, -0.1) is 11.3 Å². The van der Waals surface area contributed by atoms with Crippen molar-refractivity contribution in [1.82, 2.24) is 9.38 Å². The molecule has 0 radical (unpaired) electrons. The summed E-state index contributed by atoms with van der Waals surface area (Å²) >= 11 is 7.48. The lowest BCUT2D eigenvalue weighted by molar-refractivity contribution is -0.708. The Morgan fingerprint density at radius 2 is 2.29 bits per heavy atom. The van der Waals surface area contributed by atoms with Crippen LogP contribution in [0.15, 0.2) is 46.7 Å². The zero-order chi connectivity index (χ0) is 14.8. The number of nitrogens with zero attached hydrogens (tertiary/aromatic N) is 2. The zero-order valence-corrected chi connectivity index (χ0v) is 13.1. The van der Waals surface area contributed by atoms with Crippen LogP contribution >= 0.6 is 22.9 Å². The highest BCUT2D eigenvalue weighted by Gasteiger charge is 2.11. The summed E-state index contributed by atoms with van der Waals surface area (Å²) in [7, 11) is 0. The Morgan fingerprint density at radius 1 is 1.43 bits per heavy atom. The van der Waals surface area contributed by atoms with Gasteiger partial charge in [0.1, 0.15) is 18.3 Å². The van der Waals surface area contributed by atoms with Gasteiger partial charge < -0.3 is 5.32 Å². The molecule has 3 rings (SSSR count). The van der Waals surface area contributed by atoms with E-state index >= 15 is 0 Å². The van der Waals surface area contributed by atoms with E-state index in [0.29, 0.717) is 6.54 Å². The summed E-state index contributed by atoms with van der Waals surface area (Å²) in [4.78, 5) is 17.2. The van der Waals surface area contributed by atoms with Gasteiger partial charge in [0, 0.05) is 28.2 Å². The van der Waals surface area contributed by atoms with Crippen LogP contribution in [-0.2, 0) is 6.54 Å². The van der Waals surface area contributed by atoms with Crippen LogP contribution in [0.25, 0.3) is 4.96 Å². The van der Waals surface area contributed by atoms with E-state index in [4.69, 9.17) is 11.6 Å². The van der Waals surface area contributed by atoms with Gasteiger partial charge in [-0.2, -0.15) is 0 Å². The molecule has 6 heteroatoms. The van der Waals surface area contributed by atoms with Crippen molar-refractivity contribution >= 4 is 27.9 Å². The van der Waals surface area contributed by atoms with Crippen molar-refractivity contribution in [2.24, 2.45) is 0 Å². The Morgan fingerprint density at radius 3 is 3.10 bits per heavy atom. The number of hydrogen-bond acceptors (Lipinski definition) is 3. The van der Waals surface area contributed by atoms with E-state index in [0.717, 1.165) is 21.2 Å². The van der Waals surface area contributed by atoms with Crippen LogP contribution in [0.3, 0.4) is 0 Å². The molecular formula is C15H15ClN3OS+. The molecule has 0 aliphatic heterocycles. The Bertz CT molecular complexity index is 827. The number of halogens is 1. The molecular weight excluding hydrogens is 306 g/mol. The maximum atomic E-state index is 11.9. The SMILES string of the molecule is C[C@H]([NH2+]Cc1cc(=O)n2ccsc2n1)c1cccc(Cl)c1. The molecule has 0 spiro atoms. The molecule has 21 heavy (non-hydrogen) atoms. The quantitative estimate of drug-likeness (QED) is 0.801. The van der Waals surface area contributed by atoms with Crippen LogP contribution in [0.4, 0.5) is 0 Å². The molecule has 0 saturated carbocycles. The molecule has 0 bridgehead atoms. The van der Waals surface area contributed by atoms with E-state index < -0.39 is 0 Å². The minimum absolute atomic E-state index is 0.0277. The van der Waals surface area contributed by atoms with E-state index in [2.05, 4.69) is 23.3 Å². The van der Waals surface area contributed by atoms with Crippen molar-refractivity contribution in [2.45, 2.75) is 19.5 Å². The Kier molecular flexibility index (Phi) is 4.05. The van der Waals surface area contributed by atoms with Crippen molar-refractivity contribution in [2.75, 3.05) is 0 Å². The molecule has 2 aromatic heterocycles. The number of nitrogens with two attached hydrogens (primary N) is 1. The van der Waals surface area contributed by atoms with Crippen molar-refractivity contribution in [3.05, 3.63) is 68.5 Å². The monoisotopic (exact) mass is 320 g/mol. The molecule has 2 heterocycles. The Hall–Kier alpha value is -1.69. The summed E-state index contributed by atoms with van der Waals surface area (Å²) in [6.45, 7) is 2.78. The maximum Gasteiger partial charge on any atom is 0.258 e. The molecule has 4 nitrogen and oxygen atoms in total. The van der Waals surface area contributed by atoms with Gasteiger partial charge in [0.25, 0.3) is 5.56 Å². The third kappa shape index (κ3) is 3.15. The average Bonchev–Trinajstić information content (AvgIpc) is 2.93. The molecule has 1 atom stereocenters. The minimum atomic E-state index is -0.0277. The number of aromatic nitrogens is 2. The second-order valence-electron chi connectivity index (χ2n) is 4.92. The van der Waals surface area contributed by atoms with Crippen LogP contribution in [0.2, 0.25) is 5.02 Å². The fourth-order valence-electron chi connectivity index (χ4n) is 2.22. The average molecular weight is 321 g/mol. The normalized spacial score (nSPS) is 12.7. The third-order valence-corrected chi connectivity index (χ3v) is 4.40. The molecule has 2 N–H and O–H groups in total. The van der Waals surface area contributed by atoms with E-state index in [-0.39, 0.29) is 11.6 Å². The van der Waals surface area contributed by atoms with Crippen LogP contribution in [0.5, 0.6) is 0 Å². The second-order valence-corrected chi connectivity index (χ2v) is 6.23. The van der Waals surface area contributed by atoms with Crippen LogP contribution in [0.1, 0.15) is 24.2 Å². The number of fused-ring (bicyclic) bond motifs is 1. The van der Waals surface area contributed by atoms with Crippen molar-refractivity contribution < 1.29 is 5.32 Å². The first-order chi connectivity index (χ1) is 10.1. The lowest BCUT2D eigenvalue weighted by Gasteiger charge is -2.11. The summed E-state index contributed by atoms with van der Waals surface area (Å²) < 4.78 is 1.56. The van der Waals surface area contributed by atoms with Gasteiger partial charge >= 0.3 is 0 Å². The standard InChI is InChI=1S/C15H14ClN3OS/c1-10(11-3-2-4-12(16)7-11)17-9-13-8-14(20)19-5-6-21-15(19)18-13/h2-8,10,17H,9H2,1H3/p+1/t10-/m0/s1. The lowest BCUT2D eigenvalue weighted by Crippen LogP contribution is -2.83. The molecule has 0 saturated heterocycles. The van der Waals surface area contributed by atoms with Crippen LogP contribution in [-0.4, -0.2) is 9.38 Å². The van der Waals surface area contributed by atoms with E-state index in [9.17, 15) is 4.79 Å². The molecule has 0 fully saturated rings. The highest BCUT2D eigenvalue weighted by Crippen LogP contribution is 2.14. The maximum absolute atomic E-state index is 11.9. The summed E-state index contributed by atoms with van der Waals surface area (Å²) in [5, 5.41) is 4.76. The first-order valence-corrected chi connectivity index (χ1v) is 7.94. The number of rotatable bonds is 4. The number of quaternary nitrogens is 1. The number of thiazole rings is 1. The molecule has 0 aliphatic rings. The minimum Gasteiger partial charge on any atom is -0.335 e. The molecule has 0 amide bonds. The number of hydrogen-bond donors (Lipinski definition) is 1. The van der Waals surface area contributed by atoms with Crippen LogP contribution in [0, 0.1) is 0 Å². The molecule has 0 unspecified atom stereocenters. The van der Waals surface area contributed by atoms with Gasteiger partial charge in [-0.3, -0.25) is 9.20 Å². The summed E-state index contributed by atoms with van der Waals surface area (Å²) in [6.07, 6.45) is 1.75. The molecule has 3 aromatic rings. The molecule has 1 aromatic carbocycles.